The van der Waals surface area contributed by atoms with Gasteiger partial charge in [-0.15, -0.1) is 0 Å². The Bertz CT molecular complexity index is 1090. The number of hydrogen-bond donors (Lipinski definition) is 3. The molecule has 37 heavy (non-hydrogen) atoms. The molecule has 0 bridgehead atoms. The number of anilines is 1. The van der Waals surface area contributed by atoms with E-state index in [-0.39, 0.29) is 23.1 Å². The monoisotopic (exact) mass is 546 g/mol. The second-order valence-electron chi connectivity index (χ2n) is 11.9. The van der Waals surface area contributed by atoms with Gasteiger partial charge in [0.05, 0.1) is 16.1 Å². The first kappa shape index (κ1) is 29.4. The number of carbonyl (C=O) groups excluding carboxylic acids is 2. The molecular formula is C29H40Cl2N4O2. The van der Waals surface area contributed by atoms with Crippen LogP contribution in [0.4, 0.5) is 5.69 Å². The number of carbonyl (C=O) groups is 2. The van der Waals surface area contributed by atoms with E-state index in [0.717, 1.165) is 30.5 Å². The standard InChI is InChI=1S/C29H40Cl2N4O2/c1-18(2)12-19-13-20(16-29(5,15-19)27(37)35-22-8-10-33-11-9-22)25(32)26(36)34-17-28(3,4)21-6-7-23(30)24(31)14-21/h6-11,14,18-20,25H,12-13,15-17,32H2,1-5H3,(H,34,36)(H,33,35,37). The van der Waals surface area contributed by atoms with Gasteiger partial charge in [-0.3, -0.25) is 14.6 Å². The number of aromatic nitrogens is 1. The van der Waals surface area contributed by atoms with Gasteiger partial charge in [0.1, 0.15) is 0 Å². The second kappa shape index (κ2) is 12.1. The first-order valence-electron chi connectivity index (χ1n) is 13.0. The predicted octanol–water partition coefficient (Wildman–Crippen LogP) is 6.22. The quantitative estimate of drug-likeness (QED) is 0.347. The minimum absolute atomic E-state index is 0.0366. The van der Waals surface area contributed by atoms with E-state index < -0.39 is 11.5 Å². The van der Waals surface area contributed by atoms with Gasteiger partial charge in [0, 0.05) is 35.5 Å². The van der Waals surface area contributed by atoms with Crippen LogP contribution in [0.15, 0.2) is 42.7 Å². The van der Waals surface area contributed by atoms with Crippen LogP contribution in [-0.4, -0.2) is 29.4 Å². The summed E-state index contributed by atoms with van der Waals surface area (Å²) in [5.74, 6) is 0.483. The smallest absolute Gasteiger partial charge is 0.237 e. The highest BCUT2D eigenvalue weighted by atomic mass is 35.5. The van der Waals surface area contributed by atoms with Crippen LogP contribution in [0, 0.1) is 23.2 Å². The molecular weight excluding hydrogens is 507 g/mol. The van der Waals surface area contributed by atoms with Crippen molar-refractivity contribution < 1.29 is 9.59 Å². The summed E-state index contributed by atoms with van der Waals surface area (Å²) in [4.78, 5) is 30.7. The molecule has 1 fully saturated rings. The molecule has 4 unspecified atom stereocenters. The fourth-order valence-electron chi connectivity index (χ4n) is 5.58. The molecule has 1 aliphatic rings. The summed E-state index contributed by atoms with van der Waals surface area (Å²) in [6.45, 7) is 10.9. The van der Waals surface area contributed by atoms with Crippen LogP contribution in [-0.2, 0) is 15.0 Å². The van der Waals surface area contributed by atoms with Gasteiger partial charge in [0.15, 0.2) is 0 Å². The topological polar surface area (TPSA) is 97.1 Å². The Labute approximate surface area is 231 Å². The van der Waals surface area contributed by atoms with Crippen molar-refractivity contribution in [2.24, 2.45) is 28.9 Å². The van der Waals surface area contributed by atoms with E-state index >= 15 is 0 Å². The van der Waals surface area contributed by atoms with Gasteiger partial charge in [-0.1, -0.05) is 63.9 Å². The van der Waals surface area contributed by atoms with Crippen molar-refractivity contribution >= 4 is 40.7 Å². The Hall–Kier alpha value is -2.15. The maximum absolute atomic E-state index is 13.4. The van der Waals surface area contributed by atoms with E-state index in [1.807, 2.05) is 32.9 Å². The van der Waals surface area contributed by atoms with Crippen molar-refractivity contribution in [1.82, 2.24) is 10.3 Å². The molecule has 0 aliphatic heterocycles. The first-order chi connectivity index (χ1) is 17.3. The summed E-state index contributed by atoms with van der Waals surface area (Å²) < 4.78 is 0. The molecule has 2 amide bonds. The van der Waals surface area contributed by atoms with Crippen molar-refractivity contribution in [3.8, 4) is 0 Å². The third-order valence-electron chi connectivity index (χ3n) is 7.60. The number of benzene rings is 1. The number of rotatable bonds is 9. The molecule has 6 nitrogen and oxygen atoms in total. The minimum Gasteiger partial charge on any atom is -0.354 e. The lowest BCUT2D eigenvalue weighted by Crippen LogP contribution is -2.52. The Morgan fingerprint density at radius 3 is 2.43 bits per heavy atom. The van der Waals surface area contributed by atoms with Crippen LogP contribution < -0.4 is 16.4 Å². The van der Waals surface area contributed by atoms with Gasteiger partial charge in [0.25, 0.3) is 0 Å². The number of nitrogens with one attached hydrogen (secondary N) is 2. The summed E-state index contributed by atoms with van der Waals surface area (Å²) in [7, 11) is 0. The molecule has 2 aromatic rings. The molecule has 4 atom stereocenters. The Morgan fingerprint density at radius 1 is 1.14 bits per heavy atom. The summed E-state index contributed by atoms with van der Waals surface area (Å²) in [6, 6.07) is 8.38. The zero-order valence-electron chi connectivity index (χ0n) is 22.5. The molecule has 1 aromatic carbocycles. The highest BCUT2D eigenvalue weighted by Gasteiger charge is 2.45. The van der Waals surface area contributed by atoms with Gasteiger partial charge < -0.3 is 16.4 Å². The summed E-state index contributed by atoms with van der Waals surface area (Å²) in [6.07, 6.45) is 6.47. The molecule has 0 spiro atoms. The van der Waals surface area contributed by atoms with Crippen molar-refractivity contribution in [3.63, 3.8) is 0 Å². The number of hydrogen-bond acceptors (Lipinski definition) is 4. The zero-order valence-corrected chi connectivity index (χ0v) is 24.0. The van der Waals surface area contributed by atoms with Crippen LogP contribution in [0.25, 0.3) is 0 Å². The lowest BCUT2D eigenvalue weighted by Gasteiger charge is -2.43. The molecule has 0 saturated heterocycles. The molecule has 1 aliphatic carbocycles. The lowest BCUT2D eigenvalue weighted by atomic mass is 9.62. The number of pyridine rings is 1. The van der Waals surface area contributed by atoms with Crippen molar-refractivity contribution in [2.45, 2.75) is 71.8 Å². The molecule has 0 radical (unpaired) electrons. The maximum Gasteiger partial charge on any atom is 0.237 e. The first-order valence-corrected chi connectivity index (χ1v) is 13.8. The van der Waals surface area contributed by atoms with E-state index in [2.05, 4.69) is 29.5 Å². The summed E-state index contributed by atoms with van der Waals surface area (Å²) >= 11 is 12.3. The highest BCUT2D eigenvalue weighted by molar-refractivity contribution is 6.42. The molecule has 202 valence electrons. The Kier molecular flexibility index (Phi) is 9.65. The maximum atomic E-state index is 13.4. The van der Waals surface area contributed by atoms with Gasteiger partial charge in [-0.05, 0) is 73.3 Å². The van der Waals surface area contributed by atoms with Crippen LogP contribution >= 0.6 is 23.2 Å². The molecule has 1 heterocycles. The van der Waals surface area contributed by atoms with Crippen molar-refractivity contribution in [2.75, 3.05) is 11.9 Å². The normalized spacial score (nSPS) is 22.9. The summed E-state index contributed by atoms with van der Waals surface area (Å²) in [5, 5.41) is 7.08. The Morgan fingerprint density at radius 2 is 1.81 bits per heavy atom. The van der Waals surface area contributed by atoms with Crippen molar-refractivity contribution in [1.29, 1.82) is 0 Å². The van der Waals surface area contributed by atoms with E-state index in [1.165, 1.54) is 0 Å². The second-order valence-corrected chi connectivity index (χ2v) is 12.7. The number of nitrogens with zero attached hydrogens (tertiary/aromatic N) is 1. The van der Waals surface area contributed by atoms with E-state index in [1.54, 1.807) is 30.6 Å². The fraction of sp³-hybridized carbons (Fsp3) is 0.552. The average molecular weight is 548 g/mol. The van der Waals surface area contributed by atoms with Crippen LogP contribution in [0.3, 0.4) is 0 Å². The number of amides is 2. The molecule has 3 rings (SSSR count). The molecule has 8 heteroatoms. The van der Waals surface area contributed by atoms with Crippen LogP contribution in [0.1, 0.15) is 65.9 Å². The van der Waals surface area contributed by atoms with E-state index in [9.17, 15) is 9.59 Å². The third-order valence-corrected chi connectivity index (χ3v) is 8.33. The van der Waals surface area contributed by atoms with Gasteiger partial charge in [0.2, 0.25) is 11.8 Å². The third kappa shape index (κ3) is 7.68. The number of halogens is 2. The highest BCUT2D eigenvalue weighted by Crippen LogP contribution is 2.46. The SMILES string of the molecule is CC(C)CC1CC(C(N)C(=O)NCC(C)(C)c2ccc(Cl)c(Cl)c2)CC(C)(C(=O)Nc2ccncc2)C1. The molecule has 1 saturated carbocycles. The van der Waals surface area contributed by atoms with E-state index in [0.29, 0.717) is 34.8 Å². The van der Waals surface area contributed by atoms with Crippen LogP contribution in [0.5, 0.6) is 0 Å². The van der Waals surface area contributed by atoms with E-state index in [4.69, 9.17) is 28.9 Å². The molecule has 1 aromatic heterocycles. The zero-order chi connectivity index (χ0) is 27.4. The average Bonchev–Trinajstić information content (AvgIpc) is 2.83. The van der Waals surface area contributed by atoms with Crippen LogP contribution in [0.2, 0.25) is 10.0 Å². The molecule has 4 N–H and O–H groups in total. The summed E-state index contributed by atoms with van der Waals surface area (Å²) in [5.41, 5.74) is 7.29. The Balaban J connectivity index is 1.71. The number of nitrogens with two attached hydrogens (primary N) is 1. The van der Waals surface area contributed by atoms with Gasteiger partial charge in [-0.25, -0.2) is 0 Å². The minimum atomic E-state index is -0.701. The largest absolute Gasteiger partial charge is 0.354 e. The fourth-order valence-corrected chi connectivity index (χ4v) is 5.87. The van der Waals surface area contributed by atoms with Gasteiger partial charge in [-0.2, -0.15) is 0 Å². The van der Waals surface area contributed by atoms with Crippen molar-refractivity contribution in [3.05, 3.63) is 58.3 Å². The lowest BCUT2D eigenvalue weighted by molar-refractivity contribution is -0.131. The predicted molar refractivity (Wildman–Crippen MR) is 152 cm³/mol. The van der Waals surface area contributed by atoms with Gasteiger partial charge >= 0.3 is 0 Å².